The number of Topliss-reactive ketones (excluding diaryl/α,β-unsaturated/α-hetero) is 1. The predicted octanol–water partition coefficient (Wildman–Crippen LogP) is 4.72. The van der Waals surface area contributed by atoms with Crippen molar-refractivity contribution < 1.29 is 4.79 Å². The van der Waals surface area contributed by atoms with Gasteiger partial charge in [0.05, 0.1) is 0 Å². The molecule has 1 aliphatic rings. The zero-order valence-electron chi connectivity index (χ0n) is 11.6. The largest absolute Gasteiger partial charge is 0.294 e. The van der Waals surface area contributed by atoms with Crippen molar-refractivity contribution in [1.82, 2.24) is 0 Å². The molecule has 0 aliphatic heterocycles. The van der Waals surface area contributed by atoms with Crippen molar-refractivity contribution in [1.29, 1.82) is 0 Å². The van der Waals surface area contributed by atoms with E-state index in [1.54, 1.807) is 0 Å². The van der Waals surface area contributed by atoms with Crippen LogP contribution in [0.25, 0.3) is 0 Å². The van der Waals surface area contributed by atoms with E-state index >= 15 is 0 Å². The summed E-state index contributed by atoms with van der Waals surface area (Å²) in [5, 5.41) is 0. The second kappa shape index (κ2) is 6.17. The number of benzene rings is 1. The molecule has 0 heterocycles. The quantitative estimate of drug-likeness (QED) is 0.685. The topological polar surface area (TPSA) is 17.1 Å². The lowest BCUT2D eigenvalue weighted by atomic mass is 9.79. The van der Waals surface area contributed by atoms with E-state index in [0.29, 0.717) is 17.6 Å². The van der Waals surface area contributed by atoms with Crippen LogP contribution in [0, 0.1) is 17.8 Å². The van der Waals surface area contributed by atoms with Gasteiger partial charge in [-0.15, -0.1) is 0 Å². The highest BCUT2D eigenvalue weighted by molar-refractivity contribution is 5.98. The molecule has 1 atom stereocenters. The average Bonchev–Trinajstić information content (AvgIpc) is 2.89. The van der Waals surface area contributed by atoms with E-state index in [1.165, 1.54) is 25.7 Å². The second-order valence-corrected chi connectivity index (χ2v) is 6.01. The molecule has 1 nitrogen and oxygen atoms in total. The van der Waals surface area contributed by atoms with Gasteiger partial charge in [0.15, 0.2) is 5.78 Å². The van der Waals surface area contributed by atoms with Crippen molar-refractivity contribution in [2.75, 3.05) is 0 Å². The second-order valence-electron chi connectivity index (χ2n) is 6.01. The fourth-order valence-electron chi connectivity index (χ4n) is 3.20. The molecular formula is C17H24O. The Morgan fingerprint density at radius 1 is 1.17 bits per heavy atom. The summed E-state index contributed by atoms with van der Waals surface area (Å²) in [6.45, 7) is 4.44. The lowest BCUT2D eigenvalue weighted by Gasteiger charge is -2.24. The molecular weight excluding hydrogens is 220 g/mol. The Hall–Kier alpha value is -1.11. The lowest BCUT2D eigenvalue weighted by Crippen LogP contribution is -2.24. The highest BCUT2D eigenvalue weighted by atomic mass is 16.1. The number of carbonyl (C=O) groups excluding carboxylic acids is 1. The van der Waals surface area contributed by atoms with Crippen molar-refractivity contribution in [3.8, 4) is 0 Å². The first-order chi connectivity index (χ1) is 8.68. The maximum atomic E-state index is 12.7. The van der Waals surface area contributed by atoms with Crippen LogP contribution in [0.5, 0.6) is 0 Å². The molecule has 0 saturated heterocycles. The minimum Gasteiger partial charge on any atom is -0.294 e. The molecule has 2 rings (SSSR count). The molecule has 0 amide bonds. The summed E-state index contributed by atoms with van der Waals surface area (Å²) in [4.78, 5) is 12.7. The van der Waals surface area contributed by atoms with Gasteiger partial charge in [-0.25, -0.2) is 0 Å². The van der Waals surface area contributed by atoms with Crippen molar-refractivity contribution in [3.63, 3.8) is 0 Å². The van der Waals surface area contributed by atoms with E-state index in [1.807, 2.05) is 30.3 Å². The number of carbonyl (C=O) groups is 1. The van der Waals surface area contributed by atoms with Crippen molar-refractivity contribution in [2.45, 2.75) is 46.0 Å². The molecule has 1 unspecified atom stereocenters. The maximum Gasteiger partial charge on any atom is 0.166 e. The summed E-state index contributed by atoms with van der Waals surface area (Å²) in [5.74, 6) is 1.84. The molecule has 0 N–H and O–H groups in total. The molecule has 1 aliphatic carbocycles. The third-order valence-corrected chi connectivity index (χ3v) is 4.09. The number of hydrogen-bond donors (Lipinski definition) is 0. The Labute approximate surface area is 111 Å². The third kappa shape index (κ3) is 3.22. The Kier molecular flexibility index (Phi) is 4.57. The van der Waals surface area contributed by atoms with Crippen LogP contribution in [0.15, 0.2) is 30.3 Å². The molecule has 1 aromatic rings. The monoisotopic (exact) mass is 244 g/mol. The van der Waals surface area contributed by atoms with E-state index in [4.69, 9.17) is 0 Å². The number of hydrogen-bond acceptors (Lipinski definition) is 1. The molecule has 0 aromatic heterocycles. The smallest absolute Gasteiger partial charge is 0.166 e. The predicted molar refractivity (Wildman–Crippen MR) is 75.7 cm³/mol. The fourth-order valence-corrected chi connectivity index (χ4v) is 3.20. The maximum absolute atomic E-state index is 12.7. The van der Waals surface area contributed by atoms with E-state index in [0.717, 1.165) is 12.0 Å². The van der Waals surface area contributed by atoms with Gasteiger partial charge in [-0.2, -0.15) is 0 Å². The van der Waals surface area contributed by atoms with Crippen LogP contribution in [-0.2, 0) is 0 Å². The minimum atomic E-state index is 0.245. The van der Waals surface area contributed by atoms with Gasteiger partial charge in [-0.05, 0) is 31.1 Å². The SMILES string of the molecule is CC(C)CC(C(=O)c1ccccc1)C1CCCC1. The highest BCUT2D eigenvalue weighted by Crippen LogP contribution is 2.36. The van der Waals surface area contributed by atoms with Gasteiger partial charge in [-0.1, -0.05) is 57.0 Å². The van der Waals surface area contributed by atoms with Crippen LogP contribution >= 0.6 is 0 Å². The molecule has 18 heavy (non-hydrogen) atoms. The summed E-state index contributed by atoms with van der Waals surface area (Å²) in [6.07, 6.45) is 6.15. The lowest BCUT2D eigenvalue weighted by molar-refractivity contribution is 0.0849. The first-order valence-corrected chi connectivity index (χ1v) is 7.27. The normalized spacial score (nSPS) is 18.2. The fraction of sp³-hybridized carbons (Fsp3) is 0.588. The molecule has 1 fully saturated rings. The van der Waals surface area contributed by atoms with Gasteiger partial charge in [0.25, 0.3) is 0 Å². The van der Waals surface area contributed by atoms with Crippen LogP contribution < -0.4 is 0 Å². The Morgan fingerprint density at radius 3 is 2.33 bits per heavy atom. The van der Waals surface area contributed by atoms with Crippen LogP contribution in [0.4, 0.5) is 0 Å². The van der Waals surface area contributed by atoms with E-state index in [2.05, 4.69) is 13.8 Å². The van der Waals surface area contributed by atoms with Crippen LogP contribution in [0.3, 0.4) is 0 Å². The Morgan fingerprint density at radius 2 is 1.78 bits per heavy atom. The first-order valence-electron chi connectivity index (χ1n) is 7.27. The zero-order chi connectivity index (χ0) is 13.0. The van der Waals surface area contributed by atoms with Crippen LogP contribution in [-0.4, -0.2) is 5.78 Å². The Bertz CT molecular complexity index is 374. The molecule has 1 heteroatoms. The van der Waals surface area contributed by atoms with Gasteiger partial charge in [-0.3, -0.25) is 4.79 Å². The molecule has 1 aromatic carbocycles. The molecule has 0 radical (unpaired) electrons. The van der Waals surface area contributed by atoms with Crippen LogP contribution in [0.1, 0.15) is 56.3 Å². The van der Waals surface area contributed by atoms with E-state index in [9.17, 15) is 4.79 Å². The van der Waals surface area contributed by atoms with E-state index in [-0.39, 0.29) is 5.92 Å². The summed E-state index contributed by atoms with van der Waals surface area (Å²) in [7, 11) is 0. The first kappa shape index (κ1) is 13.3. The van der Waals surface area contributed by atoms with Crippen LogP contribution in [0.2, 0.25) is 0 Å². The van der Waals surface area contributed by atoms with Gasteiger partial charge in [0.1, 0.15) is 0 Å². The van der Waals surface area contributed by atoms with Gasteiger partial charge in [0, 0.05) is 11.5 Å². The Balaban J connectivity index is 2.15. The van der Waals surface area contributed by atoms with E-state index < -0.39 is 0 Å². The minimum absolute atomic E-state index is 0.245. The molecule has 1 saturated carbocycles. The highest BCUT2D eigenvalue weighted by Gasteiger charge is 2.31. The molecule has 98 valence electrons. The van der Waals surface area contributed by atoms with Crippen molar-refractivity contribution in [3.05, 3.63) is 35.9 Å². The molecule has 0 bridgehead atoms. The van der Waals surface area contributed by atoms with Gasteiger partial charge < -0.3 is 0 Å². The number of ketones is 1. The molecule has 0 spiro atoms. The summed E-state index contributed by atoms with van der Waals surface area (Å²) >= 11 is 0. The average molecular weight is 244 g/mol. The van der Waals surface area contributed by atoms with Gasteiger partial charge >= 0.3 is 0 Å². The van der Waals surface area contributed by atoms with Crippen molar-refractivity contribution in [2.24, 2.45) is 17.8 Å². The summed E-state index contributed by atoms with van der Waals surface area (Å²) in [6, 6.07) is 9.83. The van der Waals surface area contributed by atoms with Gasteiger partial charge in [0.2, 0.25) is 0 Å². The summed E-state index contributed by atoms with van der Waals surface area (Å²) < 4.78 is 0. The third-order valence-electron chi connectivity index (χ3n) is 4.09. The van der Waals surface area contributed by atoms with Crippen molar-refractivity contribution >= 4 is 5.78 Å². The standard InChI is InChI=1S/C17H24O/c1-13(2)12-16(14-8-6-7-9-14)17(18)15-10-4-3-5-11-15/h3-5,10-11,13-14,16H,6-9,12H2,1-2H3. The zero-order valence-corrected chi connectivity index (χ0v) is 11.6. The number of rotatable bonds is 5. The summed E-state index contributed by atoms with van der Waals surface area (Å²) in [5.41, 5.74) is 0.898.